The molecule has 0 amide bonds. The molecule has 112 valence electrons. The lowest BCUT2D eigenvalue weighted by Gasteiger charge is -2.35. The Labute approximate surface area is 122 Å². The van der Waals surface area contributed by atoms with Crippen molar-refractivity contribution in [2.75, 3.05) is 18.5 Å². The largest absolute Gasteiger partial charge is 0.372 e. The minimum Gasteiger partial charge on any atom is -0.372 e. The lowest BCUT2D eigenvalue weighted by molar-refractivity contribution is 0.340. The van der Waals surface area contributed by atoms with E-state index in [2.05, 4.69) is 37.2 Å². The molecule has 0 unspecified atom stereocenters. The summed E-state index contributed by atoms with van der Waals surface area (Å²) in [4.78, 5) is 2.27. The van der Waals surface area contributed by atoms with E-state index in [1.807, 2.05) is 0 Å². The van der Waals surface area contributed by atoms with Crippen molar-refractivity contribution in [1.82, 2.24) is 5.32 Å². The average molecular weight is 278 g/mol. The Balaban J connectivity index is 2.08. The molecule has 1 fully saturated rings. The molecule has 1 saturated carbocycles. The topological polar surface area (TPSA) is 15.3 Å². The Bertz CT molecular complexity index is 425. The van der Waals surface area contributed by atoms with Gasteiger partial charge in [0.2, 0.25) is 0 Å². The highest BCUT2D eigenvalue weighted by atomic mass is 19.1. The summed E-state index contributed by atoms with van der Waals surface area (Å²) in [6, 6.07) is 5.96. The van der Waals surface area contributed by atoms with E-state index < -0.39 is 0 Å². The average Bonchev–Trinajstić information content (AvgIpc) is 2.44. The summed E-state index contributed by atoms with van der Waals surface area (Å²) in [5.41, 5.74) is 2.04. The van der Waals surface area contributed by atoms with Gasteiger partial charge in [0.25, 0.3) is 0 Å². The molecule has 1 aliphatic rings. The van der Waals surface area contributed by atoms with Crippen molar-refractivity contribution < 1.29 is 4.39 Å². The normalized spacial score (nSPS) is 22.8. The second kappa shape index (κ2) is 7.07. The molecular weight excluding hydrogens is 251 g/mol. The van der Waals surface area contributed by atoms with Gasteiger partial charge < -0.3 is 10.2 Å². The van der Waals surface area contributed by atoms with E-state index in [-0.39, 0.29) is 5.82 Å². The lowest BCUT2D eigenvalue weighted by Crippen LogP contribution is -2.35. The molecule has 2 nitrogen and oxygen atoms in total. The monoisotopic (exact) mass is 278 g/mol. The molecule has 0 aliphatic heterocycles. The first-order valence-corrected chi connectivity index (χ1v) is 7.83. The fourth-order valence-corrected chi connectivity index (χ4v) is 3.05. The number of halogens is 1. The summed E-state index contributed by atoms with van der Waals surface area (Å²) in [5.74, 6) is 0.711. The van der Waals surface area contributed by atoms with Crippen LogP contribution in [0.4, 0.5) is 10.1 Å². The third-order valence-electron chi connectivity index (χ3n) is 4.46. The zero-order valence-electron chi connectivity index (χ0n) is 13.0. The molecular formula is C17H27FN2. The fraction of sp³-hybridized carbons (Fsp3) is 0.647. The minimum absolute atomic E-state index is 0.133. The quantitative estimate of drug-likeness (QED) is 0.877. The van der Waals surface area contributed by atoms with Crippen LogP contribution in [0.5, 0.6) is 0 Å². The SMILES string of the molecule is CCNCc1cc(F)cc(N(C)C2CCC(C)CC2)c1. The molecule has 2 rings (SSSR count). The highest BCUT2D eigenvalue weighted by Crippen LogP contribution is 2.30. The van der Waals surface area contributed by atoms with Crippen LogP contribution in [0.15, 0.2) is 18.2 Å². The molecule has 0 heterocycles. The van der Waals surface area contributed by atoms with Gasteiger partial charge in [-0.3, -0.25) is 0 Å². The van der Waals surface area contributed by atoms with Gasteiger partial charge in [-0.1, -0.05) is 13.8 Å². The number of hydrogen-bond acceptors (Lipinski definition) is 2. The number of hydrogen-bond donors (Lipinski definition) is 1. The molecule has 20 heavy (non-hydrogen) atoms. The predicted octanol–water partition coefficient (Wildman–Crippen LogP) is 3.95. The number of rotatable bonds is 5. The second-order valence-electron chi connectivity index (χ2n) is 6.12. The Morgan fingerprint density at radius 1 is 1.20 bits per heavy atom. The van der Waals surface area contributed by atoms with Crippen LogP contribution in [0.1, 0.15) is 45.1 Å². The highest BCUT2D eigenvalue weighted by Gasteiger charge is 2.22. The van der Waals surface area contributed by atoms with E-state index >= 15 is 0 Å². The molecule has 0 radical (unpaired) electrons. The van der Waals surface area contributed by atoms with Crippen LogP contribution in [0.2, 0.25) is 0 Å². The van der Waals surface area contributed by atoms with Crippen molar-refractivity contribution >= 4 is 5.69 Å². The van der Waals surface area contributed by atoms with Crippen LogP contribution >= 0.6 is 0 Å². The van der Waals surface area contributed by atoms with E-state index in [1.165, 1.54) is 25.7 Å². The van der Waals surface area contributed by atoms with Crippen molar-refractivity contribution in [3.8, 4) is 0 Å². The van der Waals surface area contributed by atoms with E-state index in [0.29, 0.717) is 6.04 Å². The van der Waals surface area contributed by atoms with E-state index in [0.717, 1.165) is 30.3 Å². The summed E-state index contributed by atoms with van der Waals surface area (Å²) in [6.07, 6.45) is 5.01. The third kappa shape index (κ3) is 3.95. The molecule has 0 spiro atoms. The lowest BCUT2D eigenvalue weighted by atomic mass is 9.86. The first-order chi connectivity index (χ1) is 9.60. The van der Waals surface area contributed by atoms with Gasteiger partial charge in [0.1, 0.15) is 5.82 Å². The van der Waals surface area contributed by atoms with E-state index in [1.54, 1.807) is 12.1 Å². The Morgan fingerprint density at radius 3 is 2.55 bits per heavy atom. The maximum absolute atomic E-state index is 13.8. The van der Waals surface area contributed by atoms with Crippen LogP contribution in [-0.2, 0) is 6.54 Å². The summed E-state index contributed by atoms with van der Waals surface area (Å²) >= 11 is 0. The van der Waals surface area contributed by atoms with Crippen molar-refractivity contribution in [2.24, 2.45) is 5.92 Å². The maximum Gasteiger partial charge on any atom is 0.125 e. The molecule has 1 N–H and O–H groups in total. The molecule has 0 aromatic heterocycles. The van der Waals surface area contributed by atoms with Gasteiger partial charge in [0.15, 0.2) is 0 Å². The smallest absolute Gasteiger partial charge is 0.125 e. The Kier molecular flexibility index (Phi) is 5.41. The van der Waals surface area contributed by atoms with Gasteiger partial charge in [-0.2, -0.15) is 0 Å². The molecule has 0 bridgehead atoms. The molecule has 1 aromatic carbocycles. The molecule has 0 atom stereocenters. The van der Waals surface area contributed by atoms with Gasteiger partial charge in [0.05, 0.1) is 0 Å². The molecule has 0 saturated heterocycles. The summed E-state index contributed by atoms with van der Waals surface area (Å²) < 4.78 is 13.8. The molecule has 1 aromatic rings. The van der Waals surface area contributed by atoms with Gasteiger partial charge in [-0.25, -0.2) is 4.39 Å². The first kappa shape index (κ1) is 15.3. The van der Waals surface area contributed by atoms with Crippen LogP contribution in [0.25, 0.3) is 0 Å². The van der Waals surface area contributed by atoms with Gasteiger partial charge in [-0.05, 0) is 61.9 Å². The molecule has 1 aliphatic carbocycles. The predicted molar refractivity (Wildman–Crippen MR) is 83.6 cm³/mol. The van der Waals surface area contributed by atoms with Crippen molar-refractivity contribution in [3.63, 3.8) is 0 Å². The van der Waals surface area contributed by atoms with Crippen LogP contribution in [0, 0.1) is 11.7 Å². The zero-order chi connectivity index (χ0) is 14.5. The standard InChI is InChI=1S/C17H27FN2/c1-4-19-12-14-9-15(18)11-17(10-14)20(3)16-7-5-13(2)6-8-16/h9-11,13,16,19H,4-8,12H2,1-3H3. The van der Waals surface area contributed by atoms with Crippen LogP contribution in [-0.4, -0.2) is 19.6 Å². The minimum atomic E-state index is -0.133. The Hall–Kier alpha value is -1.09. The van der Waals surface area contributed by atoms with E-state index in [9.17, 15) is 4.39 Å². The first-order valence-electron chi connectivity index (χ1n) is 7.83. The summed E-state index contributed by atoms with van der Waals surface area (Å²) in [7, 11) is 2.10. The Morgan fingerprint density at radius 2 is 1.90 bits per heavy atom. The van der Waals surface area contributed by atoms with Gasteiger partial charge >= 0.3 is 0 Å². The van der Waals surface area contributed by atoms with Gasteiger partial charge in [0, 0.05) is 25.3 Å². The van der Waals surface area contributed by atoms with Gasteiger partial charge in [-0.15, -0.1) is 0 Å². The second-order valence-corrected chi connectivity index (χ2v) is 6.12. The number of anilines is 1. The van der Waals surface area contributed by atoms with Crippen molar-refractivity contribution in [1.29, 1.82) is 0 Å². The fourth-order valence-electron chi connectivity index (χ4n) is 3.05. The maximum atomic E-state index is 13.8. The van der Waals surface area contributed by atoms with E-state index in [4.69, 9.17) is 0 Å². The molecule has 3 heteroatoms. The summed E-state index contributed by atoms with van der Waals surface area (Å²) in [5, 5.41) is 3.26. The van der Waals surface area contributed by atoms with Crippen LogP contribution in [0.3, 0.4) is 0 Å². The zero-order valence-corrected chi connectivity index (χ0v) is 13.0. The third-order valence-corrected chi connectivity index (χ3v) is 4.46. The van der Waals surface area contributed by atoms with Crippen molar-refractivity contribution in [2.45, 2.75) is 52.1 Å². The number of nitrogens with one attached hydrogen (secondary N) is 1. The van der Waals surface area contributed by atoms with Crippen molar-refractivity contribution in [3.05, 3.63) is 29.6 Å². The number of nitrogens with zero attached hydrogens (tertiary/aromatic N) is 1. The highest BCUT2D eigenvalue weighted by molar-refractivity contribution is 5.49. The summed E-state index contributed by atoms with van der Waals surface area (Å²) in [6.45, 7) is 6.03. The van der Waals surface area contributed by atoms with Crippen LogP contribution < -0.4 is 10.2 Å². The number of benzene rings is 1.